The third kappa shape index (κ3) is 11.0. The van der Waals surface area contributed by atoms with Gasteiger partial charge in [0.15, 0.2) is 23.1 Å². The van der Waals surface area contributed by atoms with Crippen molar-refractivity contribution < 1.29 is 46.6 Å². The highest BCUT2D eigenvalue weighted by Crippen LogP contribution is 2.39. The van der Waals surface area contributed by atoms with Crippen molar-refractivity contribution in [3.05, 3.63) is 100 Å². The zero-order chi connectivity index (χ0) is 50.9. The van der Waals surface area contributed by atoms with Crippen molar-refractivity contribution in [2.75, 3.05) is 70.2 Å². The van der Waals surface area contributed by atoms with Gasteiger partial charge >= 0.3 is 0 Å². The summed E-state index contributed by atoms with van der Waals surface area (Å²) in [7, 11) is 3.14. The molecule has 0 bridgehead atoms. The molecule has 8 rings (SSSR count). The molecule has 0 radical (unpaired) electrons. The number of amides is 4. The molecular weight excluding hydrogens is 908 g/mol. The van der Waals surface area contributed by atoms with E-state index in [1.807, 2.05) is 30.6 Å². The Morgan fingerprint density at radius 3 is 2.26 bits per heavy atom. The topological polar surface area (TPSA) is 194 Å². The number of carbonyl (C=O) groups excluding carboxylic acids is 4. The number of alkyl halides is 2. The van der Waals surface area contributed by atoms with Gasteiger partial charge in [0.1, 0.15) is 11.6 Å². The summed E-state index contributed by atoms with van der Waals surface area (Å²) in [6.45, 7) is 10.9. The van der Waals surface area contributed by atoms with E-state index in [0.717, 1.165) is 11.6 Å². The third-order valence-corrected chi connectivity index (χ3v) is 12.8. The highest BCUT2D eigenvalue weighted by atomic mass is 19.3. The molecule has 3 saturated heterocycles. The molecule has 0 saturated carbocycles. The van der Waals surface area contributed by atoms with Gasteiger partial charge in [0, 0.05) is 83.2 Å². The summed E-state index contributed by atoms with van der Waals surface area (Å²) in [6, 6.07) is 16.8. The second-order valence-corrected chi connectivity index (χ2v) is 17.1. The van der Waals surface area contributed by atoms with Crippen LogP contribution < -0.4 is 29.7 Å². The Morgan fingerprint density at radius 2 is 1.63 bits per heavy atom. The van der Waals surface area contributed by atoms with E-state index in [1.54, 1.807) is 67.4 Å². The highest BCUT2D eigenvalue weighted by Gasteiger charge is 2.49. The molecule has 4 aliphatic heterocycles. The van der Waals surface area contributed by atoms with Crippen LogP contribution in [0.3, 0.4) is 0 Å². The standard InChI is InChI=1S/C47H51F3N8O7.C2H3N.C2H6/c1-5-64-37-22-29(8-11-35(37)63-4)26-58-43(60)31-13-16-53-42(40(31)44(58)61)57-20-18-56(19-21-57)38-14-17-55(27-47(38,49)50)25-28-6-9-30(10-7-28)65-36-24-34(52-3)32(23-33(36)48)41(51)46(2)15-12-39(59)54-45(46)62;1-2-3;1-2/h6-11,13,16,22-24,38,51-52H,5,12,14-15,17-21,25-27H2,1-4H3,(H,54,59,62);1H3;1-2H3. The lowest BCUT2D eigenvalue weighted by Crippen LogP contribution is -2.61. The summed E-state index contributed by atoms with van der Waals surface area (Å²) >= 11 is 0. The number of imide groups is 2. The maximum atomic E-state index is 16.0. The van der Waals surface area contributed by atoms with E-state index in [0.29, 0.717) is 73.6 Å². The number of hydrogen-bond donors (Lipinski definition) is 3. The van der Waals surface area contributed by atoms with Gasteiger partial charge in [0.2, 0.25) is 11.8 Å². The number of anilines is 2. The Bertz CT molecular complexity index is 2640. The Balaban J connectivity index is 0.00000155. The molecule has 0 spiro atoms. The van der Waals surface area contributed by atoms with E-state index in [4.69, 9.17) is 24.9 Å². The number of fused-ring (bicyclic) bond motifs is 1. The first-order valence-corrected chi connectivity index (χ1v) is 23.3. The van der Waals surface area contributed by atoms with Crippen LogP contribution in [0.2, 0.25) is 0 Å². The van der Waals surface area contributed by atoms with Crippen LogP contribution in [-0.2, 0) is 22.7 Å². The molecular formula is C51H60F3N9O7. The van der Waals surface area contributed by atoms with Crippen LogP contribution in [0.4, 0.5) is 24.7 Å². The van der Waals surface area contributed by atoms with Crippen LogP contribution in [0.15, 0.2) is 66.9 Å². The van der Waals surface area contributed by atoms with Crippen molar-refractivity contribution in [2.24, 2.45) is 5.41 Å². The van der Waals surface area contributed by atoms with E-state index in [9.17, 15) is 19.2 Å². The van der Waals surface area contributed by atoms with E-state index in [1.165, 1.54) is 37.3 Å². The van der Waals surface area contributed by atoms with E-state index in [2.05, 4.69) is 15.6 Å². The van der Waals surface area contributed by atoms with Crippen LogP contribution >= 0.6 is 0 Å². The molecule has 2 atom stereocenters. The second-order valence-electron chi connectivity index (χ2n) is 17.1. The van der Waals surface area contributed by atoms with Crippen LogP contribution in [-0.4, -0.2) is 121 Å². The summed E-state index contributed by atoms with van der Waals surface area (Å²) in [4.78, 5) is 62.8. The third-order valence-electron chi connectivity index (χ3n) is 12.8. The molecule has 5 heterocycles. The Kier molecular flexibility index (Phi) is 16.9. The summed E-state index contributed by atoms with van der Waals surface area (Å²) in [5.74, 6) is -4.08. The maximum Gasteiger partial charge on any atom is 0.275 e. The van der Waals surface area contributed by atoms with Crippen molar-refractivity contribution >= 4 is 40.8 Å². The number of pyridine rings is 1. The number of hydrogen-bond acceptors (Lipinski definition) is 14. The van der Waals surface area contributed by atoms with Gasteiger partial charge in [-0.05, 0) is 74.2 Å². The van der Waals surface area contributed by atoms with Gasteiger partial charge in [0.25, 0.3) is 17.7 Å². The molecule has 16 nitrogen and oxygen atoms in total. The smallest absolute Gasteiger partial charge is 0.275 e. The lowest BCUT2D eigenvalue weighted by atomic mass is 9.74. The predicted octanol–water partition coefficient (Wildman–Crippen LogP) is 7.66. The molecule has 2 unspecified atom stereocenters. The van der Waals surface area contributed by atoms with Gasteiger partial charge in [-0.25, -0.2) is 18.2 Å². The molecule has 19 heteroatoms. The summed E-state index contributed by atoms with van der Waals surface area (Å²) in [6.07, 6.45) is 1.93. The largest absolute Gasteiger partial charge is 0.493 e. The average Bonchev–Trinajstić information content (AvgIpc) is 3.59. The number of piperazine rings is 1. The van der Waals surface area contributed by atoms with Gasteiger partial charge < -0.3 is 29.8 Å². The molecule has 1 aromatic heterocycles. The fourth-order valence-corrected chi connectivity index (χ4v) is 9.13. The number of benzene rings is 3. The van der Waals surface area contributed by atoms with Gasteiger partial charge in [-0.1, -0.05) is 32.0 Å². The van der Waals surface area contributed by atoms with Crippen molar-refractivity contribution in [1.29, 1.82) is 10.7 Å². The first-order valence-electron chi connectivity index (χ1n) is 23.3. The monoisotopic (exact) mass is 967 g/mol. The van der Waals surface area contributed by atoms with E-state index in [-0.39, 0.29) is 60.5 Å². The van der Waals surface area contributed by atoms with Crippen molar-refractivity contribution in [1.82, 2.24) is 25.0 Å². The molecule has 3 aromatic carbocycles. The predicted molar refractivity (Wildman–Crippen MR) is 257 cm³/mol. The minimum absolute atomic E-state index is 0.0247. The Morgan fingerprint density at radius 1 is 0.943 bits per heavy atom. The van der Waals surface area contributed by atoms with Gasteiger partial charge in [-0.2, -0.15) is 5.26 Å². The fraction of sp³-hybridized carbons (Fsp3) is 0.431. The SMILES string of the molecule is CC.CC#N.CCOc1cc(CN2C(=O)c3ccnc(N4CCN(C5CCN(Cc6ccc(Oc7cc(NC)c(C(=N)C8(C)CCC(=O)NC8=O)cc7F)cc6)CC5(F)F)CC4)c3C2=O)ccc1OC. The number of piperidine rings is 2. The van der Waals surface area contributed by atoms with Crippen LogP contribution in [0.1, 0.15) is 91.3 Å². The number of nitrogens with one attached hydrogen (secondary N) is 3. The van der Waals surface area contributed by atoms with Crippen molar-refractivity contribution in [3.63, 3.8) is 0 Å². The second kappa shape index (κ2) is 22.6. The number of nitriles is 1. The van der Waals surface area contributed by atoms with E-state index >= 15 is 13.2 Å². The number of aromatic nitrogens is 1. The first kappa shape index (κ1) is 52.3. The minimum Gasteiger partial charge on any atom is -0.493 e. The zero-order valence-electron chi connectivity index (χ0n) is 40.6. The lowest BCUT2D eigenvalue weighted by molar-refractivity contribution is -0.138. The maximum absolute atomic E-state index is 16.0. The van der Waals surface area contributed by atoms with Crippen LogP contribution in [0.5, 0.6) is 23.0 Å². The number of rotatable bonds is 14. The fourth-order valence-electron chi connectivity index (χ4n) is 9.13. The van der Waals surface area contributed by atoms with Crippen molar-refractivity contribution in [2.45, 2.75) is 78.9 Å². The first-order chi connectivity index (χ1) is 33.5. The summed E-state index contributed by atoms with van der Waals surface area (Å²) < 4.78 is 64.3. The zero-order valence-corrected chi connectivity index (χ0v) is 40.6. The number of halogens is 3. The molecule has 4 aliphatic rings. The summed E-state index contributed by atoms with van der Waals surface area (Å²) in [5, 5.41) is 21.3. The van der Waals surface area contributed by atoms with E-state index < -0.39 is 53.4 Å². The normalized spacial score (nSPS) is 19.9. The highest BCUT2D eigenvalue weighted by molar-refractivity contribution is 6.23. The molecule has 372 valence electrons. The van der Waals surface area contributed by atoms with Gasteiger partial charge in [0.05, 0.1) is 61.2 Å². The summed E-state index contributed by atoms with van der Waals surface area (Å²) in [5.41, 5.74) is 0.995. The molecule has 4 amide bonds. The number of methoxy groups -OCH3 is 1. The number of ether oxygens (including phenoxy) is 3. The van der Waals surface area contributed by atoms with Crippen LogP contribution in [0, 0.1) is 28.0 Å². The van der Waals surface area contributed by atoms with Crippen LogP contribution in [0.25, 0.3) is 0 Å². The molecule has 4 aromatic rings. The Hall–Kier alpha value is -7.04. The lowest BCUT2D eigenvalue weighted by Gasteiger charge is -2.46. The Labute approximate surface area is 406 Å². The molecule has 70 heavy (non-hydrogen) atoms. The average molecular weight is 968 g/mol. The molecule has 3 N–H and O–H groups in total. The van der Waals surface area contributed by atoms with Gasteiger partial charge in [-0.15, -0.1) is 0 Å². The van der Waals surface area contributed by atoms with Crippen molar-refractivity contribution in [3.8, 4) is 29.1 Å². The minimum atomic E-state index is -3.01. The molecule has 3 fully saturated rings. The van der Waals surface area contributed by atoms with Gasteiger partial charge in [-0.3, -0.25) is 39.2 Å². The number of likely N-dealkylation sites (tertiary alicyclic amines) is 1. The number of nitrogens with zero attached hydrogens (tertiary/aromatic N) is 6. The molecule has 0 aliphatic carbocycles. The number of carbonyl (C=O) groups is 4. The quantitative estimate of drug-likeness (QED) is 0.0825.